The molecule has 5 aromatic heterocycles. The summed E-state index contributed by atoms with van der Waals surface area (Å²) >= 11 is 0. The summed E-state index contributed by atoms with van der Waals surface area (Å²) in [5.74, 6) is 1.60. The second-order valence-corrected chi connectivity index (χ2v) is 15.7. The molecule has 0 aliphatic heterocycles. The molecule has 0 N–H and O–H groups in total. The summed E-state index contributed by atoms with van der Waals surface area (Å²) in [6.07, 6.45) is 3.65. The number of aromatic nitrogens is 5. The molecule has 0 saturated carbocycles. The van der Waals surface area contributed by atoms with Crippen LogP contribution in [0.5, 0.6) is 0 Å². The Balaban J connectivity index is 1.34. The highest BCUT2D eigenvalue weighted by Crippen LogP contribution is 2.49. The van der Waals surface area contributed by atoms with Gasteiger partial charge in [0.15, 0.2) is 0 Å². The Labute approximate surface area is 320 Å². The maximum atomic E-state index is 13.8. The third-order valence-corrected chi connectivity index (χ3v) is 12.6. The van der Waals surface area contributed by atoms with E-state index in [2.05, 4.69) is 86.5 Å². The Kier molecular flexibility index (Phi) is 6.83. The van der Waals surface area contributed by atoms with Crippen LogP contribution in [0.3, 0.4) is 0 Å². The Morgan fingerprint density at radius 2 is 0.839 bits per heavy atom. The van der Waals surface area contributed by atoms with Gasteiger partial charge in [0.2, 0.25) is 9.84 Å². The van der Waals surface area contributed by atoms with Crippen molar-refractivity contribution in [2.24, 2.45) is 0 Å². The highest BCUT2D eigenvalue weighted by molar-refractivity contribution is 7.91. The van der Waals surface area contributed by atoms with Crippen LogP contribution >= 0.6 is 0 Å². The predicted molar refractivity (Wildman–Crippen MR) is 222 cm³/mol. The second kappa shape index (κ2) is 12.0. The molecule has 0 unspecified atom stereocenters. The largest absolute Gasteiger partial charge is 0.308 e. The molecule has 0 amide bonds. The third kappa shape index (κ3) is 4.42. The van der Waals surface area contributed by atoms with E-state index in [-0.39, 0.29) is 9.79 Å². The van der Waals surface area contributed by atoms with Crippen molar-refractivity contribution in [3.63, 3.8) is 0 Å². The molecular formula is C47H28N6O2S. The number of para-hydroxylation sites is 3. The lowest BCUT2D eigenvalue weighted by molar-refractivity contribution is 0.596. The van der Waals surface area contributed by atoms with E-state index in [9.17, 15) is 13.7 Å². The molecule has 11 rings (SSSR count). The molecule has 0 atom stereocenters. The normalized spacial score (nSPS) is 12.1. The van der Waals surface area contributed by atoms with Gasteiger partial charge in [-0.1, -0.05) is 66.7 Å². The maximum Gasteiger partial charge on any atom is 0.206 e. The summed E-state index contributed by atoms with van der Waals surface area (Å²) in [6, 6.07) is 52.5. The molecular weight excluding hydrogens is 713 g/mol. The van der Waals surface area contributed by atoms with Crippen molar-refractivity contribution in [2.45, 2.75) is 9.79 Å². The van der Waals surface area contributed by atoms with Gasteiger partial charge in [0.25, 0.3) is 0 Å². The number of hydrogen-bond acceptors (Lipinski definition) is 5. The molecule has 0 spiro atoms. The van der Waals surface area contributed by atoms with Crippen molar-refractivity contribution in [1.29, 1.82) is 5.26 Å². The number of nitrogens with zero attached hydrogens (tertiary/aromatic N) is 6. The van der Waals surface area contributed by atoms with Gasteiger partial charge in [-0.2, -0.15) is 5.26 Å². The van der Waals surface area contributed by atoms with Gasteiger partial charge in [-0.3, -0.25) is 9.13 Å². The quantitative estimate of drug-likeness (QED) is 0.175. The van der Waals surface area contributed by atoms with Crippen LogP contribution in [0.25, 0.3) is 82.7 Å². The van der Waals surface area contributed by atoms with Crippen LogP contribution in [0, 0.1) is 11.3 Å². The smallest absolute Gasteiger partial charge is 0.206 e. The van der Waals surface area contributed by atoms with Crippen molar-refractivity contribution in [2.75, 3.05) is 0 Å². The fourth-order valence-electron chi connectivity index (χ4n) is 8.48. The molecule has 11 aromatic rings. The fourth-order valence-corrected chi connectivity index (χ4v) is 9.75. The molecule has 0 aliphatic rings. The van der Waals surface area contributed by atoms with Gasteiger partial charge in [-0.15, -0.1) is 0 Å². The average Bonchev–Trinajstić information content (AvgIpc) is 3.90. The lowest BCUT2D eigenvalue weighted by Crippen LogP contribution is -2.03. The number of nitriles is 1. The molecule has 6 aromatic carbocycles. The number of rotatable bonds is 5. The number of sulfone groups is 1. The Bertz CT molecular complexity index is 3450. The van der Waals surface area contributed by atoms with E-state index in [1.807, 2.05) is 67.0 Å². The molecule has 8 nitrogen and oxygen atoms in total. The average molecular weight is 741 g/mol. The summed E-state index contributed by atoms with van der Waals surface area (Å²) in [5.41, 5.74) is 7.26. The molecule has 264 valence electrons. The van der Waals surface area contributed by atoms with Crippen LogP contribution in [0.15, 0.2) is 180 Å². The van der Waals surface area contributed by atoms with Crippen molar-refractivity contribution < 1.29 is 8.42 Å². The molecule has 0 saturated heterocycles. The van der Waals surface area contributed by atoms with Crippen molar-refractivity contribution >= 4 is 75.3 Å². The first kappa shape index (κ1) is 31.9. The van der Waals surface area contributed by atoms with Gasteiger partial charge < -0.3 is 4.57 Å². The highest BCUT2D eigenvalue weighted by Gasteiger charge is 2.29. The topological polar surface area (TPSA) is 98.5 Å². The van der Waals surface area contributed by atoms with Gasteiger partial charge in [0.05, 0.1) is 54.5 Å². The first-order valence-electron chi connectivity index (χ1n) is 18.1. The Morgan fingerprint density at radius 3 is 1.27 bits per heavy atom. The van der Waals surface area contributed by atoms with Crippen molar-refractivity contribution in [3.8, 4) is 23.4 Å². The van der Waals surface area contributed by atoms with Gasteiger partial charge >= 0.3 is 0 Å². The minimum Gasteiger partial charge on any atom is -0.308 e. The van der Waals surface area contributed by atoms with Crippen LogP contribution in [0.1, 0.15) is 5.56 Å². The second-order valence-electron chi connectivity index (χ2n) is 13.7. The molecule has 5 heterocycles. The van der Waals surface area contributed by atoms with Crippen molar-refractivity contribution in [3.05, 3.63) is 176 Å². The van der Waals surface area contributed by atoms with Crippen LogP contribution in [-0.4, -0.2) is 32.1 Å². The molecule has 0 bridgehead atoms. The number of hydrogen-bond donors (Lipinski definition) is 0. The number of benzene rings is 6. The van der Waals surface area contributed by atoms with Crippen LogP contribution < -0.4 is 0 Å². The van der Waals surface area contributed by atoms with Gasteiger partial charge in [0.1, 0.15) is 11.6 Å². The van der Waals surface area contributed by atoms with Crippen LogP contribution in [0.4, 0.5) is 0 Å². The number of fused-ring (bicyclic) bond motifs is 12. The van der Waals surface area contributed by atoms with E-state index >= 15 is 0 Å². The third-order valence-electron chi connectivity index (χ3n) is 10.8. The zero-order valence-electron chi connectivity index (χ0n) is 29.6. The van der Waals surface area contributed by atoms with E-state index in [4.69, 9.17) is 9.97 Å². The molecule has 56 heavy (non-hydrogen) atoms. The monoisotopic (exact) mass is 740 g/mol. The zero-order chi connectivity index (χ0) is 37.5. The predicted octanol–water partition coefficient (Wildman–Crippen LogP) is 10.5. The summed E-state index contributed by atoms with van der Waals surface area (Å²) in [5, 5.41) is 15.7. The Hall–Kier alpha value is -7.54. The fraction of sp³-hybridized carbons (Fsp3) is 0. The molecule has 0 radical (unpaired) electrons. The lowest BCUT2D eigenvalue weighted by atomic mass is 10.0. The van der Waals surface area contributed by atoms with Gasteiger partial charge in [-0.25, -0.2) is 18.4 Å². The van der Waals surface area contributed by atoms with Crippen LogP contribution in [-0.2, 0) is 9.84 Å². The molecule has 0 fully saturated rings. The first-order chi connectivity index (χ1) is 27.5. The summed E-state index contributed by atoms with van der Waals surface area (Å²) < 4.78 is 34.4. The zero-order valence-corrected chi connectivity index (χ0v) is 30.4. The standard InChI is InChI=1S/C47H28N6O2S/c48-29-30-19-23-32(24-20-30)56(54,55)33-25-21-31(22-26-33)51-37-14-4-1-11-34(37)42-45(51)43-35-12-2-5-15-38(35)52(40-17-7-9-27-49-40)47(43)44-36-13-3-6-16-39(36)53(46(42)44)41-18-8-10-28-50-41/h1-28H. The summed E-state index contributed by atoms with van der Waals surface area (Å²) in [7, 11) is -3.84. The summed E-state index contributed by atoms with van der Waals surface area (Å²) in [6.45, 7) is 0. The maximum absolute atomic E-state index is 13.8. The summed E-state index contributed by atoms with van der Waals surface area (Å²) in [4.78, 5) is 10.1. The van der Waals surface area contributed by atoms with E-state index in [1.54, 1.807) is 12.1 Å². The van der Waals surface area contributed by atoms with E-state index in [0.717, 1.165) is 82.7 Å². The number of pyridine rings is 2. The Morgan fingerprint density at radius 1 is 0.446 bits per heavy atom. The first-order valence-corrected chi connectivity index (χ1v) is 19.6. The molecule has 9 heteroatoms. The minimum absolute atomic E-state index is 0.134. The SMILES string of the molecule is N#Cc1ccc(S(=O)(=O)c2ccc(-n3c4ccccc4c4c3c3c5ccccc5n(-c5ccccn5)c3c3c5ccccc5n(-c5ccccn5)c43)cc2)cc1. The van der Waals surface area contributed by atoms with E-state index in [0.29, 0.717) is 5.56 Å². The lowest BCUT2D eigenvalue weighted by Gasteiger charge is -2.13. The minimum atomic E-state index is -3.84. The van der Waals surface area contributed by atoms with Gasteiger partial charge in [-0.05, 0) is 91.0 Å². The van der Waals surface area contributed by atoms with E-state index in [1.165, 1.54) is 24.3 Å². The van der Waals surface area contributed by atoms with Gasteiger partial charge in [0, 0.05) is 50.4 Å². The molecule has 0 aliphatic carbocycles. The van der Waals surface area contributed by atoms with Crippen LogP contribution in [0.2, 0.25) is 0 Å². The van der Waals surface area contributed by atoms with Crippen molar-refractivity contribution in [1.82, 2.24) is 23.7 Å². The highest BCUT2D eigenvalue weighted by atomic mass is 32.2. The van der Waals surface area contributed by atoms with E-state index < -0.39 is 9.84 Å².